The minimum Gasteiger partial charge on any atom is -0.456 e. The number of thiophene rings is 2. The van der Waals surface area contributed by atoms with E-state index in [1.54, 1.807) is 0 Å². The van der Waals surface area contributed by atoms with Crippen molar-refractivity contribution in [3.63, 3.8) is 0 Å². The summed E-state index contributed by atoms with van der Waals surface area (Å²) in [4.78, 5) is 0. The summed E-state index contributed by atoms with van der Waals surface area (Å²) in [7, 11) is 0. The SMILES string of the molecule is Cc1ccc(-n2c3ccccc3c3c2ccc2c4ccccc4n(-c4ccccc4)c23)cc1.Cc1ccc(-n2c3ccccc3c3cc4oc5ccccc5c4cc32)cc1.Cc1ccc(-n2c3ccccc3c3cc4sc5ccccc5c4cc32)cc1.Cc1cccc(-n2c3ccccc3c3c2ccc2c4ccccc4n(-c4ccccc4)c23)c1.Cc1cccc(-n2c3ccccc3c3cc4sc5ccccc5c4cc32)c1. The van der Waals surface area contributed by atoms with Gasteiger partial charge in [-0.25, -0.2) is 0 Å². The van der Waals surface area contributed by atoms with E-state index in [4.69, 9.17) is 4.42 Å². The molecule has 32 rings (SSSR count). The number of hydrogen-bond donors (Lipinski definition) is 0. The fourth-order valence-electron chi connectivity index (χ4n) is 23.3. The third kappa shape index (κ3) is 14.3. The van der Waals surface area contributed by atoms with Crippen LogP contribution >= 0.6 is 22.7 Å². The number of aryl methyl sites for hydroxylation is 5. The maximum atomic E-state index is 6.13. The Morgan fingerprint density at radius 3 is 0.823 bits per heavy atom. The lowest BCUT2D eigenvalue weighted by Gasteiger charge is -2.10. The normalized spacial score (nSPS) is 11.8. The number of rotatable bonds is 7. The Labute approximate surface area is 855 Å². The smallest absolute Gasteiger partial charge is 0.136 e. The highest BCUT2D eigenvalue weighted by atomic mass is 32.1. The summed E-state index contributed by atoms with van der Waals surface area (Å²) in [6.07, 6.45) is 0. The van der Waals surface area contributed by atoms with Crippen LogP contribution in [0, 0.1) is 34.6 Å². The monoisotopic (exact) mass is 1920 g/mol. The first-order chi connectivity index (χ1) is 72.5. The number of benzene rings is 22. The number of para-hydroxylation sites is 10. The Bertz CT molecular complexity index is 10700. The molecule has 32 aromatic rings. The Morgan fingerprint density at radius 2 is 0.429 bits per heavy atom. The van der Waals surface area contributed by atoms with Gasteiger partial charge in [-0.2, -0.15) is 0 Å². The average molecular weight is 1920 g/mol. The van der Waals surface area contributed by atoms with Crippen LogP contribution in [0.5, 0.6) is 0 Å². The summed E-state index contributed by atoms with van der Waals surface area (Å²) < 4.78 is 28.4. The van der Waals surface area contributed by atoms with Crippen molar-refractivity contribution in [3.8, 4) is 39.8 Å². The summed E-state index contributed by atoms with van der Waals surface area (Å²) in [5.74, 6) is 0. The second-order valence-electron chi connectivity index (χ2n) is 38.9. The van der Waals surface area contributed by atoms with E-state index in [9.17, 15) is 0 Å². The van der Waals surface area contributed by atoms with Gasteiger partial charge in [0, 0.05) is 166 Å². The summed E-state index contributed by atoms with van der Waals surface area (Å²) in [5, 5.41) is 25.7. The summed E-state index contributed by atoms with van der Waals surface area (Å²) in [6, 6.07) is 175. The van der Waals surface area contributed by atoms with Gasteiger partial charge in [0.05, 0.1) is 77.2 Å². The van der Waals surface area contributed by atoms with Crippen LogP contribution in [0.25, 0.3) is 255 Å². The third-order valence-electron chi connectivity index (χ3n) is 29.9. The molecule has 0 atom stereocenters. The van der Waals surface area contributed by atoms with Crippen molar-refractivity contribution in [2.24, 2.45) is 0 Å². The molecule has 10 aromatic heterocycles. The lowest BCUT2D eigenvalue weighted by atomic mass is 10.1. The Morgan fingerprint density at radius 1 is 0.143 bits per heavy atom. The van der Waals surface area contributed by atoms with E-state index in [2.05, 4.69) is 540 Å². The van der Waals surface area contributed by atoms with Gasteiger partial charge in [0.15, 0.2) is 0 Å². The van der Waals surface area contributed by atoms with E-state index in [0.29, 0.717) is 0 Å². The number of hydrogen-bond acceptors (Lipinski definition) is 3. The molecule has 0 spiro atoms. The fourth-order valence-corrected chi connectivity index (χ4v) is 25.5. The third-order valence-corrected chi connectivity index (χ3v) is 32.1. The van der Waals surface area contributed by atoms with E-state index in [1.807, 2.05) is 34.8 Å². The van der Waals surface area contributed by atoms with Crippen LogP contribution in [-0.4, -0.2) is 32.0 Å². The van der Waals surface area contributed by atoms with E-state index in [1.165, 1.54) is 261 Å². The van der Waals surface area contributed by atoms with Crippen molar-refractivity contribution in [1.29, 1.82) is 0 Å². The molecule has 0 amide bonds. The molecular formula is C137H95N7OS2. The molecule has 0 saturated carbocycles. The topological polar surface area (TPSA) is 47.6 Å². The number of furan rings is 1. The van der Waals surface area contributed by atoms with Crippen molar-refractivity contribution in [1.82, 2.24) is 32.0 Å². The molecule has 8 nitrogen and oxygen atoms in total. The Balaban J connectivity index is 0.0000000891. The predicted octanol–water partition coefficient (Wildman–Crippen LogP) is 38.3. The van der Waals surface area contributed by atoms with Crippen LogP contribution in [-0.2, 0) is 0 Å². The van der Waals surface area contributed by atoms with E-state index in [0.717, 1.165) is 21.9 Å². The van der Waals surface area contributed by atoms with Crippen molar-refractivity contribution in [2.45, 2.75) is 34.6 Å². The Kier molecular flexibility index (Phi) is 20.7. The van der Waals surface area contributed by atoms with Crippen LogP contribution in [0.2, 0.25) is 0 Å². The summed E-state index contributed by atoms with van der Waals surface area (Å²) >= 11 is 3.77. The lowest BCUT2D eigenvalue weighted by molar-refractivity contribution is 0.669. The van der Waals surface area contributed by atoms with Crippen molar-refractivity contribution < 1.29 is 4.42 Å². The molecule has 22 aromatic carbocycles. The molecule has 147 heavy (non-hydrogen) atoms. The zero-order chi connectivity index (χ0) is 97.8. The van der Waals surface area contributed by atoms with Crippen LogP contribution < -0.4 is 0 Å². The van der Waals surface area contributed by atoms with Crippen molar-refractivity contribution in [2.75, 3.05) is 0 Å². The first-order valence-corrected chi connectivity index (χ1v) is 52.0. The molecule has 10 heteroatoms. The average Bonchev–Trinajstić information content (AvgIpc) is 1.55. The van der Waals surface area contributed by atoms with Gasteiger partial charge in [-0.3, -0.25) is 0 Å². The first kappa shape index (κ1) is 86.6. The fraction of sp³-hybridized carbons (Fsp3) is 0.0365. The van der Waals surface area contributed by atoms with Gasteiger partial charge in [0.25, 0.3) is 0 Å². The number of fused-ring (bicyclic) bond motifs is 32. The maximum absolute atomic E-state index is 6.13. The van der Waals surface area contributed by atoms with Crippen LogP contribution in [0.3, 0.4) is 0 Å². The highest BCUT2D eigenvalue weighted by Gasteiger charge is 2.27. The van der Waals surface area contributed by atoms with E-state index >= 15 is 0 Å². The lowest BCUT2D eigenvalue weighted by Crippen LogP contribution is -1.95. The molecule has 0 aliphatic rings. The number of nitrogens with zero attached hydrogens (tertiary/aromatic N) is 7. The molecule has 0 saturated heterocycles. The largest absolute Gasteiger partial charge is 0.456 e. The van der Waals surface area contributed by atoms with Crippen LogP contribution in [0.1, 0.15) is 27.8 Å². The maximum Gasteiger partial charge on any atom is 0.136 e. The zero-order valence-electron chi connectivity index (χ0n) is 81.5. The molecule has 0 N–H and O–H groups in total. The minimum atomic E-state index is 0.936. The second-order valence-corrected chi connectivity index (χ2v) is 41.1. The van der Waals surface area contributed by atoms with Gasteiger partial charge in [0.1, 0.15) is 11.2 Å². The molecular weight excluding hydrogens is 1820 g/mol. The molecule has 0 radical (unpaired) electrons. The van der Waals surface area contributed by atoms with Gasteiger partial charge in [-0.1, -0.05) is 308 Å². The molecule has 0 aliphatic carbocycles. The van der Waals surface area contributed by atoms with Crippen LogP contribution in [0.15, 0.2) is 490 Å². The van der Waals surface area contributed by atoms with Gasteiger partial charge in [0.2, 0.25) is 0 Å². The predicted molar refractivity (Wildman–Crippen MR) is 629 cm³/mol. The standard InChI is InChI=1S/2C31H22N2.C25H17NO.2C25H17NS/c1-21-10-9-13-23(20-21)32-28-17-8-6-15-26(28)30-29(32)19-18-25-24-14-5-7-16-27(24)33(31(25)30)22-11-3-2-4-12-22;1-21-15-17-23(18-16-21)32-28-14-8-6-12-26(28)30-29(32)20-19-25-24-11-5-7-13-27(24)33(31(25)30)22-9-3-2-4-10-22;1-16-10-12-17(13-11-16)26-22-8-4-2-6-18(22)20-15-25-21(14-23(20)26)19-7-3-5-9-24(19)27-25;1-16-7-6-8-17(13-16)26-22-11-4-2-9-18(22)20-15-25-21(14-23(20)26)19-10-3-5-12-24(19)27-25;1-16-10-12-17(13-11-16)26-22-8-4-2-6-18(22)20-15-25-21(14-23(20)26)19-7-3-5-9-24(19)27-25/h2*2-20H,1H3;3*2-15H,1H3. The van der Waals surface area contributed by atoms with E-state index < -0.39 is 0 Å². The van der Waals surface area contributed by atoms with E-state index in [-0.39, 0.29) is 0 Å². The molecule has 0 fully saturated rings. The van der Waals surface area contributed by atoms with Gasteiger partial charge in [-0.15, -0.1) is 22.7 Å². The molecule has 696 valence electrons. The number of aromatic nitrogens is 7. The molecule has 0 bridgehead atoms. The Hall–Kier alpha value is -18.3. The second kappa shape index (κ2) is 35.1. The highest BCUT2D eigenvalue weighted by molar-refractivity contribution is 7.26. The van der Waals surface area contributed by atoms with Crippen molar-refractivity contribution in [3.05, 3.63) is 513 Å². The zero-order valence-corrected chi connectivity index (χ0v) is 83.2. The van der Waals surface area contributed by atoms with Crippen LogP contribution in [0.4, 0.5) is 0 Å². The minimum absolute atomic E-state index is 0.936. The molecule has 0 aliphatic heterocycles. The van der Waals surface area contributed by atoms with Crippen molar-refractivity contribution >= 4 is 238 Å². The highest BCUT2D eigenvalue weighted by Crippen LogP contribution is 2.49. The van der Waals surface area contributed by atoms with Gasteiger partial charge in [-0.05, 0) is 240 Å². The first-order valence-electron chi connectivity index (χ1n) is 50.4. The molecule has 0 unspecified atom stereocenters. The summed E-state index contributed by atoms with van der Waals surface area (Å²) in [5.41, 5.74) is 34.0. The summed E-state index contributed by atoms with van der Waals surface area (Å²) in [6.45, 7) is 10.7. The quantitative estimate of drug-likeness (QED) is 0.157. The van der Waals surface area contributed by atoms with Gasteiger partial charge < -0.3 is 36.4 Å². The molecule has 10 heterocycles. The van der Waals surface area contributed by atoms with Gasteiger partial charge >= 0.3 is 0 Å².